The molecule has 1 unspecified atom stereocenters. The monoisotopic (exact) mass is 338 g/mol. The van der Waals surface area contributed by atoms with E-state index >= 15 is 0 Å². The van der Waals surface area contributed by atoms with Gasteiger partial charge in [-0.3, -0.25) is 0 Å². The fourth-order valence-electron chi connectivity index (χ4n) is 2.86. The van der Waals surface area contributed by atoms with E-state index in [1.807, 2.05) is 49.2 Å². The molecule has 2 aromatic heterocycles. The van der Waals surface area contributed by atoms with Crippen molar-refractivity contribution in [2.24, 2.45) is 0 Å². The first-order chi connectivity index (χ1) is 12.1. The van der Waals surface area contributed by atoms with E-state index in [4.69, 9.17) is 10.7 Å². The first kappa shape index (κ1) is 17.1. The van der Waals surface area contributed by atoms with Crippen LogP contribution in [0.1, 0.15) is 25.5 Å². The number of anilines is 4. The van der Waals surface area contributed by atoms with Crippen molar-refractivity contribution >= 4 is 23.1 Å². The Hall–Kier alpha value is -2.76. The maximum Gasteiger partial charge on any atom is 0.151 e. The molecule has 1 aliphatic heterocycles. The van der Waals surface area contributed by atoms with Crippen LogP contribution >= 0.6 is 0 Å². The van der Waals surface area contributed by atoms with Crippen LogP contribution in [0.4, 0.5) is 23.1 Å². The molecule has 1 aliphatic rings. The molecule has 6 nitrogen and oxygen atoms in total. The van der Waals surface area contributed by atoms with Crippen molar-refractivity contribution in [2.75, 3.05) is 29.5 Å². The molecule has 0 amide bonds. The number of nitrogens with one attached hydrogen (secondary N) is 2. The van der Waals surface area contributed by atoms with Gasteiger partial charge in [0.1, 0.15) is 11.6 Å². The fraction of sp³-hybridized carbons (Fsp3) is 0.368. The van der Waals surface area contributed by atoms with Gasteiger partial charge >= 0.3 is 0 Å². The Morgan fingerprint density at radius 3 is 2.72 bits per heavy atom. The molecule has 1 atom stereocenters. The summed E-state index contributed by atoms with van der Waals surface area (Å²) < 4.78 is 0. The van der Waals surface area contributed by atoms with Gasteiger partial charge in [-0.15, -0.1) is 0 Å². The second-order valence-corrected chi connectivity index (χ2v) is 6.34. The molecular formula is C19H26N6. The van der Waals surface area contributed by atoms with Crippen molar-refractivity contribution in [2.45, 2.75) is 32.7 Å². The Labute approximate surface area is 149 Å². The van der Waals surface area contributed by atoms with Crippen LogP contribution < -0.4 is 21.3 Å². The minimum Gasteiger partial charge on any atom is -0.396 e. The van der Waals surface area contributed by atoms with Gasteiger partial charge in [-0.2, -0.15) is 0 Å². The molecule has 0 saturated carbocycles. The van der Waals surface area contributed by atoms with Crippen LogP contribution in [0, 0.1) is 6.92 Å². The first-order valence-electron chi connectivity index (χ1n) is 8.70. The van der Waals surface area contributed by atoms with Gasteiger partial charge in [-0.05, 0) is 44.0 Å². The Balaban J connectivity index is 1.78. The molecule has 0 radical (unpaired) electrons. The Morgan fingerprint density at radius 1 is 1.24 bits per heavy atom. The van der Waals surface area contributed by atoms with E-state index in [0.29, 0.717) is 5.69 Å². The highest BCUT2D eigenvalue weighted by atomic mass is 15.2. The lowest BCUT2D eigenvalue weighted by atomic mass is 10.1. The van der Waals surface area contributed by atoms with Crippen molar-refractivity contribution in [1.82, 2.24) is 15.3 Å². The Morgan fingerprint density at radius 2 is 2.04 bits per heavy atom. The van der Waals surface area contributed by atoms with E-state index < -0.39 is 0 Å². The number of hydrogen-bond acceptors (Lipinski definition) is 6. The molecule has 2 aromatic rings. The summed E-state index contributed by atoms with van der Waals surface area (Å²) in [7, 11) is 1.96. The minimum absolute atomic E-state index is 0.280. The molecule has 3 rings (SSSR count). The van der Waals surface area contributed by atoms with Crippen molar-refractivity contribution in [1.29, 1.82) is 0 Å². The van der Waals surface area contributed by atoms with Crippen LogP contribution in [-0.4, -0.2) is 29.6 Å². The second kappa shape index (κ2) is 7.42. The summed E-state index contributed by atoms with van der Waals surface area (Å²) in [5, 5.41) is 6.90. The predicted octanol–water partition coefficient (Wildman–Crippen LogP) is 3.20. The number of nitrogen functional groups attached to an aromatic ring is 1. The van der Waals surface area contributed by atoms with E-state index in [-0.39, 0.29) is 6.04 Å². The van der Waals surface area contributed by atoms with E-state index in [1.165, 1.54) is 5.70 Å². The minimum atomic E-state index is 0.280. The molecule has 6 heteroatoms. The third-order valence-corrected chi connectivity index (χ3v) is 4.42. The summed E-state index contributed by atoms with van der Waals surface area (Å²) in [6.45, 7) is 5.01. The van der Waals surface area contributed by atoms with Crippen LogP contribution in [0.25, 0.3) is 0 Å². The van der Waals surface area contributed by atoms with Crippen LogP contribution in [0.5, 0.6) is 0 Å². The highest BCUT2D eigenvalue weighted by Gasteiger charge is 2.16. The summed E-state index contributed by atoms with van der Waals surface area (Å²) in [6, 6.07) is 10.0. The van der Waals surface area contributed by atoms with Crippen molar-refractivity contribution in [3.8, 4) is 0 Å². The standard InChI is InChI=1S/C19H26N6/c1-4-14-8-9-15(12-21-14)23-19-16(20)10-11-18(24-19)25(3)17-7-5-6-13(2)22-17/h5-8,10-11,15,21H,4,9,12,20H2,1-3H3,(H,23,24). The zero-order valence-electron chi connectivity index (χ0n) is 15.1. The number of nitrogens with zero attached hydrogens (tertiary/aromatic N) is 3. The van der Waals surface area contributed by atoms with Crippen molar-refractivity contribution in [3.63, 3.8) is 0 Å². The summed E-state index contributed by atoms with van der Waals surface area (Å²) in [5.74, 6) is 2.39. The number of aromatic nitrogens is 2. The topological polar surface area (TPSA) is 79.1 Å². The molecule has 4 N–H and O–H groups in total. The zero-order chi connectivity index (χ0) is 17.8. The van der Waals surface area contributed by atoms with Crippen molar-refractivity contribution < 1.29 is 0 Å². The third-order valence-electron chi connectivity index (χ3n) is 4.42. The Kier molecular flexibility index (Phi) is 5.07. The lowest BCUT2D eigenvalue weighted by molar-refractivity contribution is 0.609. The van der Waals surface area contributed by atoms with Crippen LogP contribution in [0.15, 0.2) is 42.1 Å². The largest absolute Gasteiger partial charge is 0.396 e. The van der Waals surface area contributed by atoms with Gasteiger partial charge in [0.05, 0.1) is 5.69 Å². The van der Waals surface area contributed by atoms with Gasteiger partial charge in [-0.25, -0.2) is 9.97 Å². The van der Waals surface area contributed by atoms with E-state index in [1.54, 1.807) is 0 Å². The SMILES string of the molecule is CCC1=CCC(Nc2nc(N(C)c3cccc(C)n3)ccc2N)CN1. The van der Waals surface area contributed by atoms with E-state index in [9.17, 15) is 0 Å². The summed E-state index contributed by atoms with van der Waals surface area (Å²) in [4.78, 5) is 11.2. The van der Waals surface area contributed by atoms with Gasteiger partial charge in [0.25, 0.3) is 0 Å². The summed E-state index contributed by atoms with van der Waals surface area (Å²) in [5.41, 5.74) is 9.06. The molecule has 3 heterocycles. The number of rotatable bonds is 5. The molecule has 0 saturated heterocycles. The average molecular weight is 338 g/mol. The number of hydrogen-bond donors (Lipinski definition) is 3. The molecule has 0 bridgehead atoms. The highest BCUT2D eigenvalue weighted by Crippen LogP contribution is 2.26. The molecule has 0 aliphatic carbocycles. The molecular weight excluding hydrogens is 312 g/mol. The molecule has 0 fully saturated rings. The Bertz CT molecular complexity index is 770. The second-order valence-electron chi connectivity index (χ2n) is 6.34. The average Bonchev–Trinajstić information content (AvgIpc) is 2.63. The van der Waals surface area contributed by atoms with Gasteiger partial charge in [-0.1, -0.05) is 19.1 Å². The van der Waals surface area contributed by atoms with Gasteiger partial charge in [0.15, 0.2) is 5.82 Å². The third kappa shape index (κ3) is 4.02. The number of allylic oxidation sites excluding steroid dienone is 1. The maximum absolute atomic E-state index is 6.13. The van der Waals surface area contributed by atoms with Gasteiger partial charge < -0.3 is 21.3 Å². The summed E-state index contributed by atoms with van der Waals surface area (Å²) in [6.07, 6.45) is 4.25. The zero-order valence-corrected chi connectivity index (χ0v) is 15.1. The lowest BCUT2D eigenvalue weighted by Crippen LogP contribution is -2.36. The number of aryl methyl sites for hydroxylation is 1. The summed E-state index contributed by atoms with van der Waals surface area (Å²) >= 11 is 0. The fourth-order valence-corrected chi connectivity index (χ4v) is 2.86. The molecule has 0 spiro atoms. The van der Waals surface area contributed by atoms with Gasteiger partial charge in [0.2, 0.25) is 0 Å². The normalized spacial score (nSPS) is 16.8. The highest BCUT2D eigenvalue weighted by molar-refractivity contribution is 5.67. The van der Waals surface area contributed by atoms with Crippen molar-refractivity contribution in [3.05, 3.63) is 47.8 Å². The van der Waals surface area contributed by atoms with Crippen LogP contribution in [0.2, 0.25) is 0 Å². The number of pyridine rings is 2. The quantitative estimate of drug-likeness (QED) is 0.777. The molecule has 132 valence electrons. The van der Waals surface area contributed by atoms with E-state index in [0.717, 1.165) is 42.5 Å². The first-order valence-corrected chi connectivity index (χ1v) is 8.70. The molecule has 25 heavy (non-hydrogen) atoms. The van der Waals surface area contributed by atoms with Crippen LogP contribution in [-0.2, 0) is 0 Å². The molecule has 0 aromatic carbocycles. The number of nitrogens with two attached hydrogens (primary N) is 1. The maximum atomic E-state index is 6.13. The lowest BCUT2D eigenvalue weighted by Gasteiger charge is -2.26. The predicted molar refractivity (Wildman–Crippen MR) is 104 cm³/mol. The van der Waals surface area contributed by atoms with Gasteiger partial charge in [0, 0.05) is 31.0 Å². The smallest absolute Gasteiger partial charge is 0.151 e. The van der Waals surface area contributed by atoms with Crippen LogP contribution in [0.3, 0.4) is 0 Å². The van der Waals surface area contributed by atoms with E-state index in [2.05, 4.69) is 28.6 Å².